The van der Waals surface area contributed by atoms with Gasteiger partial charge in [-0.2, -0.15) is 0 Å². The summed E-state index contributed by atoms with van der Waals surface area (Å²) in [5, 5.41) is 19.1. The Kier molecular flexibility index (Phi) is 6.76. The lowest BCUT2D eigenvalue weighted by Crippen LogP contribution is -2.27. The average Bonchev–Trinajstić information content (AvgIpc) is 1.97. The largest absolute Gasteiger partial charge is 0.550 e. The maximum atomic E-state index is 10.0. The highest BCUT2D eigenvalue weighted by atomic mass is 16.4. The lowest BCUT2D eigenvalue weighted by Gasteiger charge is -2.10. The Hall–Kier alpha value is -0.570. The molecule has 0 aromatic carbocycles. The van der Waals surface area contributed by atoms with E-state index in [1.807, 2.05) is 0 Å². The van der Waals surface area contributed by atoms with Gasteiger partial charge in [-0.1, -0.05) is 32.6 Å². The highest BCUT2D eigenvalue weighted by Gasteiger charge is 2.02. The molecule has 0 aliphatic heterocycles. The first-order valence-electron chi connectivity index (χ1n) is 4.54. The molecule has 3 heteroatoms. The Balaban J connectivity index is 3.19. The molecule has 0 aromatic heterocycles. The van der Waals surface area contributed by atoms with Crippen LogP contribution in [0.5, 0.6) is 0 Å². The van der Waals surface area contributed by atoms with Gasteiger partial charge in [0.25, 0.3) is 0 Å². The number of hydrogen-bond donors (Lipinski definition) is 1. The smallest absolute Gasteiger partial charge is 0.0592 e. The van der Waals surface area contributed by atoms with E-state index in [0.717, 1.165) is 25.7 Å². The molecular weight excluding hydrogens is 156 g/mol. The van der Waals surface area contributed by atoms with E-state index in [0.29, 0.717) is 6.42 Å². The Morgan fingerprint density at radius 3 is 2.58 bits per heavy atom. The third-order valence-corrected chi connectivity index (χ3v) is 1.79. The van der Waals surface area contributed by atoms with Gasteiger partial charge in [-0.25, -0.2) is 0 Å². The van der Waals surface area contributed by atoms with Gasteiger partial charge < -0.3 is 15.0 Å². The minimum absolute atomic E-state index is 0.230. The molecule has 0 rings (SSSR count). The number of rotatable bonds is 7. The molecule has 0 radical (unpaired) electrons. The molecule has 0 fully saturated rings. The van der Waals surface area contributed by atoms with E-state index in [1.54, 1.807) is 0 Å². The summed E-state index contributed by atoms with van der Waals surface area (Å²) in [5.41, 5.74) is 0. The number of aliphatic hydroxyl groups excluding tert-OH is 1. The molecular formula is C9H17O3-. The zero-order valence-electron chi connectivity index (χ0n) is 7.58. The van der Waals surface area contributed by atoms with Gasteiger partial charge in [0.2, 0.25) is 0 Å². The van der Waals surface area contributed by atoms with Crippen molar-refractivity contribution in [2.24, 2.45) is 0 Å². The Labute approximate surface area is 73.4 Å². The summed E-state index contributed by atoms with van der Waals surface area (Å²) in [5.74, 6) is -1.17. The van der Waals surface area contributed by atoms with Gasteiger partial charge in [0.05, 0.1) is 6.10 Å². The van der Waals surface area contributed by atoms with Crippen molar-refractivity contribution in [2.75, 3.05) is 0 Å². The predicted molar refractivity (Wildman–Crippen MR) is 44.4 cm³/mol. The lowest BCUT2D eigenvalue weighted by atomic mass is 10.1. The second kappa shape index (κ2) is 7.10. The van der Waals surface area contributed by atoms with Gasteiger partial charge in [-0.05, 0) is 6.42 Å². The normalized spacial score (nSPS) is 12.8. The third kappa shape index (κ3) is 7.54. The maximum absolute atomic E-state index is 10.0. The van der Waals surface area contributed by atoms with Crippen molar-refractivity contribution >= 4 is 5.97 Å². The van der Waals surface area contributed by atoms with Crippen LogP contribution in [0, 0.1) is 0 Å². The van der Waals surface area contributed by atoms with Gasteiger partial charge in [0.1, 0.15) is 0 Å². The fourth-order valence-corrected chi connectivity index (χ4v) is 1.10. The summed E-state index contributed by atoms with van der Waals surface area (Å²) in [4.78, 5) is 10.0. The SMILES string of the molecule is CCCCCC[C@@H](O)CC(=O)[O-]. The van der Waals surface area contributed by atoms with Crippen LogP contribution in [0.25, 0.3) is 0 Å². The van der Waals surface area contributed by atoms with Crippen molar-refractivity contribution in [3.63, 3.8) is 0 Å². The molecule has 0 aromatic rings. The third-order valence-electron chi connectivity index (χ3n) is 1.79. The van der Waals surface area contributed by atoms with E-state index in [2.05, 4.69) is 6.92 Å². The van der Waals surface area contributed by atoms with Crippen LogP contribution in [0.2, 0.25) is 0 Å². The number of carbonyl (C=O) groups is 1. The van der Waals surface area contributed by atoms with Crippen molar-refractivity contribution < 1.29 is 15.0 Å². The summed E-state index contributed by atoms with van der Waals surface area (Å²) in [6, 6.07) is 0. The van der Waals surface area contributed by atoms with E-state index in [-0.39, 0.29) is 6.42 Å². The first-order valence-corrected chi connectivity index (χ1v) is 4.54. The fourth-order valence-electron chi connectivity index (χ4n) is 1.10. The fraction of sp³-hybridized carbons (Fsp3) is 0.889. The first-order chi connectivity index (χ1) is 5.66. The van der Waals surface area contributed by atoms with Crippen molar-refractivity contribution in [3.8, 4) is 0 Å². The number of aliphatic hydroxyl groups is 1. The Morgan fingerprint density at radius 2 is 2.08 bits per heavy atom. The summed E-state index contributed by atoms with van der Waals surface area (Å²) in [7, 11) is 0. The van der Waals surface area contributed by atoms with Crippen molar-refractivity contribution in [1.29, 1.82) is 0 Å². The van der Waals surface area contributed by atoms with Crippen LogP contribution in [-0.2, 0) is 4.79 Å². The molecule has 3 nitrogen and oxygen atoms in total. The Bertz CT molecular complexity index is 123. The molecule has 0 bridgehead atoms. The van der Waals surface area contributed by atoms with Gasteiger partial charge in [0.15, 0.2) is 0 Å². The average molecular weight is 173 g/mol. The van der Waals surface area contributed by atoms with Crippen LogP contribution in [0.15, 0.2) is 0 Å². The number of unbranched alkanes of at least 4 members (excludes halogenated alkanes) is 3. The summed E-state index contributed by atoms with van der Waals surface area (Å²) in [6.07, 6.45) is 3.91. The van der Waals surface area contributed by atoms with Crippen molar-refractivity contribution in [2.45, 2.75) is 51.6 Å². The molecule has 0 amide bonds. The van der Waals surface area contributed by atoms with Gasteiger partial charge in [-0.15, -0.1) is 0 Å². The standard InChI is InChI=1S/C9H18O3/c1-2-3-4-5-6-8(10)7-9(11)12/h8,10H,2-7H2,1H3,(H,11,12)/p-1/t8-/m1/s1. The van der Waals surface area contributed by atoms with Crippen LogP contribution in [0.1, 0.15) is 45.4 Å². The minimum Gasteiger partial charge on any atom is -0.550 e. The van der Waals surface area contributed by atoms with E-state index in [9.17, 15) is 9.90 Å². The second-order valence-corrected chi connectivity index (χ2v) is 3.08. The molecule has 0 aliphatic rings. The summed E-state index contributed by atoms with van der Waals surface area (Å²) in [6.45, 7) is 2.11. The van der Waals surface area contributed by atoms with E-state index < -0.39 is 12.1 Å². The molecule has 0 heterocycles. The maximum Gasteiger partial charge on any atom is 0.0592 e. The summed E-state index contributed by atoms with van der Waals surface area (Å²) >= 11 is 0. The van der Waals surface area contributed by atoms with Crippen molar-refractivity contribution in [1.82, 2.24) is 0 Å². The molecule has 0 aliphatic carbocycles. The second-order valence-electron chi connectivity index (χ2n) is 3.08. The van der Waals surface area contributed by atoms with E-state index >= 15 is 0 Å². The topological polar surface area (TPSA) is 60.4 Å². The highest BCUT2D eigenvalue weighted by Crippen LogP contribution is 2.07. The molecule has 72 valence electrons. The molecule has 0 unspecified atom stereocenters. The zero-order valence-corrected chi connectivity index (χ0v) is 7.58. The first kappa shape index (κ1) is 11.4. The van der Waals surface area contributed by atoms with E-state index in [1.165, 1.54) is 0 Å². The lowest BCUT2D eigenvalue weighted by molar-refractivity contribution is -0.307. The summed E-state index contributed by atoms with van der Waals surface area (Å²) < 4.78 is 0. The number of aliphatic carboxylic acids is 1. The quantitative estimate of drug-likeness (QED) is 0.569. The molecule has 12 heavy (non-hydrogen) atoms. The molecule has 1 N–H and O–H groups in total. The number of carbonyl (C=O) groups excluding carboxylic acids is 1. The van der Waals surface area contributed by atoms with Crippen LogP contribution in [-0.4, -0.2) is 17.2 Å². The van der Waals surface area contributed by atoms with Crippen LogP contribution < -0.4 is 5.11 Å². The predicted octanol–water partition coefficient (Wildman–Crippen LogP) is 0.458. The van der Waals surface area contributed by atoms with E-state index in [4.69, 9.17) is 5.11 Å². The minimum atomic E-state index is -1.17. The number of carboxylic acid groups (broad SMARTS) is 1. The van der Waals surface area contributed by atoms with Crippen LogP contribution in [0.3, 0.4) is 0 Å². The Morgan fingerprint density at radius 1 is 1.42 bits per heavy atom. The molecule has 0 saturated heterocycles. The number of hydrogen-bond acceptors (Lipinski definition) is 3. The van der Waals surface area contributed by atoms with Crippen molar-refractivity contribution in [3.05, 3.63) is 0 Å². The van der Waals surface area contributed by atoms with Gasteiger partial charge >= 0.3 is 0 Å². The highest BCUT2D eigenvalue weighted by molar-refractivity contribution is 5.64. The van der Waals surface area contributed by atoms with Crippen LogP contribution in [0.4, 0.5) is 0 Å². The molecule has 1 atom stereocenters. The number of carboxylic acids is 1. The van der Waals surface area contributed by atoms with Gasteiger partial charge in [-0.3, -0.25) is 0 Å². The van der Waals surface area contributed by atoms with Crippen LogP contribution >= 0.6 is 0 Å². The van der Waals surface area contributed by atoms with Gasteiger partial charge in [0, 0.05) is 12.4 Å². The zero-order chi connectivity index (χ0) is 9.40. The molecule has 0 spiro atoms. The monoisotopic (exact) mass is 173 g/mol. The molecule has 0 saturated carbocycles.